The molecule has 1 aliphatic rings. The molecule has 0 aliphatic heterocycles. The zero-order valence-corrected chi connectivity index (χ0v) is 13.8. The Morgan fingerprint density at radius 3 is 2.57 bits per heavy atom. The topological polar surface area (TPSA) is 66.4 Å². The molecule has 21 heavy (non-hydrogen) atoms. The molecule has 4 nitrogen and oxygen atoms in total. The highest BCUT2D eigenvalue weighted by atomic mass is 32.2. The van der Waals surface area contributed by atoms with Gasteiger partial charge in [-0.2, -0.15) is 0 Å². The van der Waals surface area contributed by atoms with E-state index < -0.39 is 15.9 Å². The summed E-state index contributed by atoms with van der Waals surface area (Å²) in [6.45, 7) is 6.21. The lowest BCUT2D eigenvalue weighted by Crippen LogP contribution is -2.42. The van der Waals surface area contributed by atoms with Gasteiger partial charge in [-0.25, -0.2) is 8.42 Å². The van der Waals surface area contributed by atoms with E-state index in [-0.39, 0.29) is 17.8 Å². The first kappa shape index (κ1) is 16.5. The Bertz CT molecular complexity index is 602. The van der Waals surface area contributed by atoms with Crippen molar-refractivity contribution in [1.29, 1.82) is 0 Å². The molecule has 1 unspecified atom stereocenters. The van der Waals surface area contributed by atoms with Crippen molar-refractivity contribution in [1.82, 2.24) is 5.32 Å². The summed E-state index contributed by atoms with van der Waals surface area (Å²) >= 11 is 0. The van der Waals surface area contributed by atoms with Crippen LogP contribution in [0, 0.1) is 0 Å². The highest BCUT2D eigenvalue weighted by molar-refractivity contribution is 7.91. The lowest BCUT2D eigenvalue weighted by Gasteiger charge is -2.22. The van der Waals surface area contributed by atoms with Crippen LogP contribution in [0.1, 0.15) is 38.3 Å². The van der Waals surface area contributed by atoms with E-state index in [4.69, 9.17) is 0 Å². The molecular weight excluding hydrogens is 286 g/mol. The molecule has 1 aromatic carbocycles. The molecule has 0 saturated heterocycles. The normalized spacial score (nSPS) is 16.8. The van der Waals surface area contributed by atoms with Crippen LogP contribution in [0.3, 0.4) is 0 Å². The van der Waals surface area contributed by atoms with E-state index in [2.05, 4.69) is 5.32 Å². The SMILES string of the molecule is CC(C)(C)NCC(O)CS(=O)(=O)c1ccc2c(c1)CCC2. The second kappa shape index (κ2) is 6.07. The summed E-state index contributed by atoms with van der Waals surface area (Å²) in [5.74, 6) is -0.241. The van der Waals surface area contributed by atoms with Gasteiger partial charge in [0.1, 0.15) is 0 Å². The molecule has 2 N–H and O–H groups in total. The fourth-order valence-electron chi connectivity index (χ4n) is 2.57. The average molecular weight is 311 g/mol. The van der Waals surface area contributed by atoms with Gasteiger partial charge in [-0.1, -0.05) is 6.07 Å². The van der Waals surface area contributed by atoms with Gasteiger partial charge in [-0.3, -0.25) is 0 Å². The predicted octanol–water partition coefficient (Wildman–Crippen LogP) is 1.70. The van der Waals surface area contributed by atoms with Crippen LogP contribution < -0.4 is 5.32 Å². The minimum Gasteiger partial charge on any atom is -0.391 e. The van der Waals surface area contributed by atoms with Crippen LogP contribution in [-0.4, -0.2) is 37.5 Å². The lowest BCUT2D eigenvalue weighted by molar-refractivity contribution is 0.181. The van der Waals surface area contributed by atoms with Crippen molar-refractivity contribution in [3.05, 3.63) is 29.3 Å². The van der Waals surface area contributed by atoms with E-state index >= 15 is 0 Å². The van der Waals surface area contributed by atoms with Gasteiger partial charge in [0, 0.05) is 12.1 Å². The van der Waals surface area contributed by atoms with Crippen LogP contribution in [0.15, 0.2) is 23.1 Å². The zero-order valence-electron chi connectivity index (χ0n) is 13.0. The van der Waals surface area contributed by atoms with E-state index in [1.165, 1.54) is 5.56 Å². The maximum Gasteiger partial charge on any atom is 0.180 e. The van der Waals surface area contributed by atoms with E-state index in [0.29, 0.717) is 4.90 Å². The Hall–Kier alpha value is -0.910. The van der Waals surface area contributed by atoms with Gasteiger partial charge in [0.2, 0.25) is 0 Å². The van der Waals surface area contributed by atoms with E-state index in [0.717, 1.165) is 24.8 Å². The van der Waals surface area contributed by atoms with Crippen LogP contribution >= 0.6 is 0 Å². The number of aliphatic hydroxyl groups is 1. The third-order valence-electron chi connectivity index (χ3n) is 3.71. The molecule has 0 aromatic heterocycles. The number of hydrogen-bond acceptors (Lipinski definition) is 4. The van der Waals surface area contributed by atoms with Gasteiger partial charge >= 0.3 is 0 Å². The highest BCUT2D eigenvalue weighted by Crippen LogP contribution is 2.25. The number of β-amino-alcohol motifs (C(OH)–C–C–N with tert-alkyl or cyclic N) is 1. The molecule has 118 valence electrons. The second-order valence-corrected chi connectivity index (χ2v) is 8.88. The molecule has 0 spiro atoms. The van der Waals surface area contributed by atoms with Gasteiger partial charge in [0.25, 0.3) is 0 Å². The van der Waals surface area contributed by atoms with Crippen molar-refractivity contribution in [3.8, 4) is 0 Å². The summed E-state index contributed by atoms with van der Waals surface area (Å²) in [5, 5.41) is 13.1. The number of aryl methyl sites for hydroxylation is 2. The van der Waals surface area contributed by atoms with Crippen molar-refractivity contribution < 1.29 is 13.5 Å². The van der Waals surface area contributed by atoms with Crippen molar-refractivity contribution in [3.63, 3.8) is 0 Å². The van der Waals surface area contributed by atoms with Gasteiger partial charge in [-0.05, 0) is 63.3 Å². The maximum atomic E-state index is 12.4. The standard InChI is InChI=1S/C16H25NO3S/c1-16(2,3)17-10-14(18)11-21(19,20)15-8-7-12-5-4-6-13(12)9-15/h7-9,14,17-18H,4-6,10-11H2,1-3H3. The van der Waals surface area contributed by atoms with Gasteiger partial charge < -0.3 is 10.4 Å². The first-order chi connectivity index (χ1) is 9.67. The third kappa shape index (κ3) is 4.53. The summed E-state index contributed by atoms with van der Waals surface area (Å²) in [6.07, 6.45) is 2.18. The Kier molecular flexibility index (Phi) is 4.76. The Morgan fingerprint density at radius 1 is 1.24 bits per heavy atom. The molecule has 0 fully saturated rings. The Morgan fingerprint density at radius 2 is 1.90 bits per heavy atom. The first-order valence-corrected chi connectivity index (χ1v) is 9.10. The molecular formula is C16H25NO3S. The highest BCUT2D eigenvalue weighted by Gasteiger charge is 2.23. The summed E-state index contributed by atoms with van der Waals surface area (Å²) in [7, 11) is -3.44. The van der Waals surface area contributed by atoms with E-state index in [1.54, 1.807) is 12.1 Å². The van der Waals surface area contributed by atoms with Crippen LogP contribution in [0.2, 0.25) is 0 Å². The fraction of sp³-hybridized carbons (Fsp3) is 0.625. The summed E-state index contributed by atoms with van der Waals surface area (Å²) in [6, 6.07) is 5.36. The summed E-state index contributed by atoms with van der Waals surface area (Å²) in [4.78, 5) is 0.331. The molecule has 0 amide bonds. The number of rotatable bonds is 5. The number of nitrogens with one attached hydrogen (secondary N) is 1. The van der Waals surface area contributed by atoms with Crippen molar-refractivity contribution >= 4 is 9.84 Å². The molecule has 0 saturated carbocycles. The fourth-order valence-corrected chi connectivity index (χ4v) is 3.99. The van der Waals surface area contributed by atoms with Crippen LogP contribution in [0.4, 0.5) is 0 Å². The third-order valence-corrected chi connectivity index (χ3v) is 5.50. The Balaban J connectivity index is 2.04. The number of hydrogen-bond donors (Lipinski definition) is 2. The minimum absolute atomic E-state index is 0.141. The number of benzene rings is 1. The largest absolute Gasteiger partial charge is 0.391 e. The molecule has 0 heterocycles. The molecule has 5 heteroatoms. The van der Waals surface area contributed by atoms with Gasteiger partial charge in [0.05, 0.1) is 16.8 Å². The smallest absolute Gasteiger partial charge is 0.180 e. The number of aliphatic hydroxyl groups excluding tert-OH is 1. The average Bonchev–Trinajstić information content (AvgIpc) is 2.82. The van der Waals surface area contributed by atoms with Crippen LogP contribution in [0.5, 0.6) is 0 Å². The lowest BCUT2D eigenvalue weighted by atomic mass is 10.1. The first-order valence-electron chi connectivity index (χ1n) is 7.45. The minimum atomic E-state index is -3.44. The Labute approximate surface area is 127 Å². The van der Waals surface area contributed by atoms with Crippen LogP contribution in [0.25, 0.3) is 0 Å². The van der Waals surface area contributed by atoms with E-state index in [1.807, 2.05) is 26.8 Å². The zero-order chi connectivity index (χ0) is 15.7. The van der Waals surface area contributed by atoms with Gasteiger partial charge in [-0.15, -0.1) is 0 Å². The van der Waals surface area contributed by atoms with Crippen molar-refractivity contribution in [2.75, 3.05) is 12.3 Å². The quantitative estimate of drug-likeness (QED) is 0.868. The molecule has 2 rings (SSSR count). The van der Waals surface area contributed by atoms with Crippen molar-refractivity contribution in [2.24, 2.45) is 0 Å². The second-order valence-electron chi connectivity index (χ2n) is 6.85. The maximum absolute atomic E-state index is 12.4. The molecule has 1 atom stereocenters. The predicted molar refractivity (Wildman–Crippen MR) is 84.3 cm³/mol. The molecule has 1 aliphatic carbocycles. The summed E-state index contributed by atoms with van der Waals surface area (Å²) in [5.41, 5.74) is 2.25. The summed E-state index contributed by atoms with van der Waals surface area (Å²) < 4.78 is 24.8. The monoisotopic (exact) mass is 311 g/mol. The van der Waals surface area contributed by atoms with Crippen molar-refractivity contribution in [2.45, 2.75) is 56.6 Å². The molecule has 0 radical (unpaired) electrons. The molecule has 1 aromatic rings. The molecule has 0 bridgehead atoms. The van der Waals surface area contributed by atoms with Gasteiger partial charge in [0.15, 0.2) is 9.84 Å². The number of fused-ring (bicyclic) bond motifs is 1. The van der Waals surface area contributed by atoms with E-state index in [9.17, 15) is 13.5 Å². The van der Waals surface area contributed by atoms with Crippen LogP contribution in [-0.2, 0) is 22.7 Å². The number of sulfone groups is 1.